The van der Waals surface area contributed by atoms with Crippen LogP contribution < -0.4 is 0 Å². The highest BCUT2D eigenvalue weighted by Crippen LogP contribution is 2.35. The molecule has 0 aromatic heterocycles. The first-order valence-electron chi connectivity index (χ1n) is 5.59. The van der Waals surface area contributed by atoms with Gasteiger partial charge in [0.2, 0.25) is 0 Å². The van der Waals surface area contributed by atoms with Gasteiger partial charge in [-0.05, 0) is 18.3 Å². The summed E-state index contributed by atoms with van der Waals surface area (Å²) in [4.78, 5) is 0. The molecule has 0 amide bonds. The third-order valence-electron chi connectivity index (χ3n) is 3.20. The maximum absolute atomic E-state index is 9.62. The second kappa shape index (κ2) is 4.64. The second-order valence-electron chi connectivity index (χ2n) is 4.98. The summed E-state index contributed by atoms with van der Waals surface area (Å²) in [5, 5.41) is 28.4. The van der Waals surface area contributed by atoms with Crippen LogP contribution in [0.25, 0.3) is 0 Å². The summed E-state index contributed by atoms with van der Waals surface area (Å²) in [5.41, 5.74) is 0.705. The van der Waals surface area contributed by atoms with Gasteiger partial charge in [0.1, 0.15) is 17.2 Å². The Morgan fingerprint density at radius 2 is 1.56 bits per heavy atom. The lowest BCUT2D eigenvalue weighted by molar-refractivity contribution is 0.317. The van der Waals surface area contributed by atoms with E-state index < -0.39 is 0 Å². The number of aromatic hydroxyl groups is 3. The Labute approximate surface area is 96.4 Å². The molecule has 0 fully saturated rings. The number of benzene rings is 1. The van der Waals surface area contributed by atoms with Gasteiger partial charge >= 0.3 is 0 Å². The van der Waals surface area contributed by atoms with Crippen LogP contribution >= 0.6 is 0 Å². The summed E-state index contributed by atoms with van der Waals surface area (Å²) in [6.45, 7) is 6.43. The average molecular weight is 224 g/mol. The van der Waals surface area contributed by atoms with Crippen molar-refractivity contribution < 1.29 is 15.3 Å². The normalized spacial score (nSPS) is 11.7. The Morgan fingerprint density at radius 3 is 2.00 bits per heavy atom. The van der Waals surface area contributed by atoms with Crippen LogP contribution in [0.15, 0.2) is 12.1 Å². The molecule has 3 nitrogen and oxygen atoms in total. The average Bonchev–Trinajstić information content (AvgIpc) is 2.16. The van der Waals surface area contributed by atoms with Gasteiger partial charge in [0.15, 0.2) is 0 Å². The van der Waals surface area contributed by atoms with Crippen molar-refractivity contribution in [2.45, 2.75) is 40.0 Å². The van der Waals surface area contributed by atoms with Crippen molar-refractivity contribution in [3.8, 4) is 17.2 Å². The van der Waals surface area contributed by atoms with Gasteiger partial charge < -0.3 is 15.3 Å². The van der Waals surface area contributed by atoms with Crippen molar-refractivity contribution >= 4 is 0 Å². The molecular weight excluding hydrogens is 204 g/mol. The SMILES string of the molecule is CCC(C)(C)CCc1c(O)cc(O)cc1O. The molecule has 0 bridgehead atoms. The molecule has 0 spiro atoms. The van der Waals surface area contributed by atoms with E-state index in [1.54, 1.807) is 0 Å². The lowest BCUT2D eigenvalue weighted by atomic mass is 9.83. The summed E-state index contributed by atoms with van der Waals surface area (Å²) in [7, 11) is 0. The van der Waals surface area contributed by atoms with Crippen LogP contribution in [-0.2, 0) is 6.42 Å². The summed E-state index contributed by atoms with van der Waals surface area (Å²) >= 11 is 0. The van der Waals surface area contributed by atoms with Crippen molar-refractivity contribution in [2.24, 2.45) is 5.41 Å². The van der Waals surface area contributed by atoms with Gasteiger partial charge in [0, 0.05) is 17.7 Å². The van der Waals surface area contributed by atoms with Gasteiger partial charge in [0.05, 0.1) is 0 Å². The minimum atomic E-state index is -0.117. The fourth-order valence-corrected chi connectivity index (χ4v) is 1.52. The Kier molecular flexibility index (Phi) is 3.68. The van der Waals surface area contributed by atoms with Crippen LogP contribution in [-0.4, -0.2) is 15.3 Å². The fourth-order valence-electron chi connectivity index (χ4n) is 1.52. The first kappa shape index (κ1) is 12.7. The third-order valence-corrected chi connectivity index (χ3v) is 3.20. The van der Waals surface area contributed by atoms with Crippen LogP contribution in [0.2, 0.25) is 0 Å². The van der Waals surface area contributed by atoms with Crippen LogP contribution in [0.3, 0.4) is 0 Å². The van der Waals surface area contributed by atoms with Crippen LogP contribution in [0.5, 0.6) is 17.2 Å². The maximum atomic E-state index is 9.62. The number of phenolic OH excluding ortho intramolecular Hbond substituents is 3. The topological polar surface area (TPSA) is 60.7 Å². The van der Waals surface area contributed by atoms with E-state index in [0.29, 0.717) is 12.0 Å². The summed E-state index contributed by atoms with van der Waals surface area (Å²) in [6, 6.07) is 2.52. The molecular formula is C13H20O3. The minimum Gasteiger partial charge on any atom is -0.508 e. The van der Waals surface area contributed by atoms with Gasteiger partial charge in [0.25, 0.3) is 0 Å². The number of rotatable bonds is 4. The molecule has 0 atom stereocenters. The molecule has 3 N–H and O–H groups in total. The lowest BCUT2D eigenvalue weighted by Crippen LogP contribution is -2.10. The highest BCUT2D eigenvalue weighted by molar-refractivity contribution is 5.48. The first-order valence-corrected chi connectivity index (χ1v) is 5.59. The largest absolute Gasteiger partial charge is 0.508 e. The van der Waals surface area contributed by atoms with Crippen molar-refractivity contribution in [1.29, 1.82) is 0 Å². The zero-order valence-electron chi connectivity index (χ0n) is 10.1. The molecule has 0 radical (unpaired) electrons. The quantitative estimate of drug-likeness (QED) is 0.736. The van der Waals surface area contributed by atoms with Gasteiger partial charge in [-0.25, -0.2) is 0 Å². The number of hydrogen-bond donors (Lipinski definition) is 3. The standard InChI is InChI=1S/C13H20O3/c1-4-13(2,3)6-5-10-11(15)7-9(14)8-12(10)16/h7-8,14-16H,4-6H2,1-3H3. The number of phenols is 3. The number of hydrogen-bond acceptors (Lipinski definition) is 3. The minimum absolute atomic E-state index is 0.0376. The Bertz CT molecular complexity index is 346. The Hall–Kier alpha value is -1.38. The van der Waals surface area contributed by atoms with E-state index in [0.717, 1.165) is 12.8 Å². The molecule has 0 heterocycles. The summed E-state index contributed by atoms with van der Waals surface area (Å²) < 4.78 is 0. The summed E-state index contributed by atoms with van der Waals surface area (Å²) in [5.74, 6) is -0.192. The van der Waals surface area contributed by atoms with Crippen molar-refractivity contribution in [2.75, 3.05) is 0 Å². The molecule has 0 saturated carbocycles. The molecule has 1 rings (SSSR count). The molecule has 0 unspecified atom stereocenters. The molecule has 16 heavy (non-hydrogen) atoms. The molecule has 0 aliphatic carbocycles. The van der Waals surface area contributed by atoms with Crippen LogP contribution in [0.4, 0.5) is 0 Å². The molecule has 90 valence electrons. The van der Waals surface area contributed by atoms with E-state index in [1.165, 1.54) is 12.1 Å². The molecule has 0 aliphatic heterocycles. The maximum Gasteiger partial charge on any atom is 0.126 e. The van der Waals surface area contributed by atoms with Crippen molar-refractivity contribution in [3.63, 3.8) is 0 Å². The highest BCUT2D eigenvalue weighted by Gasteiger charge is 2.17. The highest BCUT2D eigenvalue weighted by atomic mass is 16.3. The molecule has 3 heteroatoms. The van der Waals surface area contributed by atoms with E-state index >= 15 is 0 Å². The van der Waals surface area contributed by atoms with Crippen LogP contribution in [0.1, 0.15) is 39.2 Å². The van der Waals surface area contributed by atoms with E-state index in [9.17, 15) is 15.3 Å². The third kappa shape index (κ3) is 3.05. The predicted molar refractivity (Wildman–Crippen MR) is 63.8 cm³/mol. The van der Waals surface area contributed by atoms with E-state index in [4.69, 9.17) is 0 Å². The predicted octanol–water partition coefficient (Wildman–Crippen LogP) is 3.17. The van der Waals surface area contributed by atoms with Crippen LogP contribution in [0, 0.1) is 5.41 Å². The fraction of sp³-hybridized carbons (Fsp3) is 0.538. The first-order chi connectivity index (χ1) is 7.35. The molecule has 1 aromatic rings. The monoisotopic (exact) mass is 224 g/mol. The molecule has 0 saturated heterocycles. The van der Waals surface area contributed by atoms with E-state index in [2.05, 4.69) is 20.8 Å². The van der Waals surface area contributed by atoms with Gasteiger partial charge in [-0.15, -0.1) is 0 Å². The Morgan fingerprint density at radius 1 is 1.06 bits per heavy atom. The Balaban J connectivity index is 2.82. The van der Waals surface area contributed by atoms with Crippen molar-refractivity contribution in [3.05, 3.63) is 17.7 Å². The lowest BCUT2D eigenvalue weighted by Gasteiger charge is -2.22. The zero-order valence-corrected chi connectivity index (χ0v) is 10.1. The summed E-state index contributed by atoms with van der Waals surface area (Å²) in [6.07, 6.45) is 2.54. The molecule has 0 aliphatic rings. The zero-order chi connectivity index (χ0) is 12.3. The van der Waals surface area contributed by atoms with E-state index in [-0.39, 0.29) is 22.7 Å². The van der Waals surface area contributed by atoms with Gasteiger partial charge in [-0.2, -0.15) is 0 Å². The van der Waals surface area contributed by atoms with Gasteiger partial charge in [-0.1, -0.05) is 27.2 Å². The van der Waals surface area contributed by atoms with Crippen molar-refractivity contribution in [1.82, 2.24) is 0 Å². The van der Waals surface area contributed by atoms with E-state index in [1.807, 2.05) is 0 Å². The second-order valence-corrected chi connectivity index (χ2v) is 4.98. The smallest absolute Gasteiger partial charge is 0.126 e. The van der Waals surface area contributed by atoms with Gasteiger partial charge in [-0.3, -0.25) is 0 Å². The molecule has 1 aromatic carbocycles.